The maximum absolute atomic E-state index is 12.2. The van der Waals surface area contributed by atoms with Crippen LogP contribution < -0.4 is 38.1 Å². The second-order valence-corrected chi connectivity index (χ2v) is 37.1. The molecule has 18 heteroatoms. The van der Waals surface area contributed by atoms with E-state index in [1.165, 1.54) is 24.0 Å². The molecule has 4 aliphatic rings. The number of rotatable bonds is 28. The number of hydrogen-bond acceptors (Lipinski definition) is 13. The summed E-state index contributed by atoms with van der Waals surface area (Å²) in [7, 11) is 0. The minimum atomic E-state index is -1.19. The molecule has 4 fully saturated rings. The highest BCUT2D eigenvalue weighted by Gasteiger charge is 2.50. The lowest BCUT2D eigenvalue weighted by molar-refractivity contribution is -0.132. The van der Waals surface area contributed by atoms with Gasteiger partial charge in [-0.1, -0.05) is 203 Å². The molecule has 4 bridgehead atoms. The molecule has 18 nitrogen and oxygen atoms in total. The number of aliphatic hydroxyl groups excluding tert-OH is 2. The molecule has 0 unspecified atom stereocenters. The van der Waals surface area contributed by atoms with Crippen LogP contribution in [0.4, 0.5) is 14.4 Å². The van der Waals surface area contributed by atoms with Crippen molar-refractivity contribution in [1.82, 2.24) is 26.6 Å². The molecule has 3 aromatic carbocycles. The molecule has 604 valence electrons. The van der Waals surface area contributed by atoms with E-state index in [0.717, 1.165) is 64.9 Å². The monoisotopic (exact) mass is 1480 g/mol. The van der Waals surface area contributed by atoms with E-state index in [-0.39, 0.29) is 41.8 Å². The summed E-state index contributed by atoms with van der Waals surface area (Å²) in [5.41, 5.74) is 15.8. The van der Waals surface area contributed by atoms with Crippen molar-refractivity contribution in [3.63, 3.8) is 0 Å². The Morgan fingerprint density at radius 1 is 0.462 bits per heavy atom. The molecular formula is C88H152N8O10. The largest absolute Gasteiger partial charge is 0.444 e. The zero-order chi connectivity index (χ0) is 80.6. The van der Waals surface area contributed by atoms with E-state index < -0.39 is 59.4 Å². The summed E-state index contributed by atoms with van der Waals surface area (Å²) < 4.78 is 15.8. The summed E-state index contributed by atoms with van der Waals surface area (Å²) in [4.78, 5) is 65.1. The number of aliphatic hydroxyl groups is 2. The normalized spacial score (nSPS) is 19.1. The smallest absolute Gasteiger partial charge is 0.414 e. The van der Waals surface area contributed by atoms with Gasteiger partial charge in [0.05, 0.1) is 0 Å². The van der Waals surface area contributed by atoms with Gasteiger partial charge in [0, 0.05) is 36.8 Å². The van der Waals surface area contributed by atoms with Gasteiger partial charge in [-0.05, 0) is 251 Å². The third-order valence-electron chi connectivity index (χ3n) is 19.5. The lowest BCUT2D eigenvalue weighted by atomic mass is 9.48. The Balaban J connectivity index is 0.000000464. The number of ether oxygens (including phenoxy) is 3. The van der Waals surface area contributed by atoms with Crippen LogP contribution in [0.25, 0.3) is 0 Å². The van der Waals surface area contributed by atoms with Crippen molar-refractivity contribution in [3.05, 3.63) is 107 Å². The lowest BCUT2D eigenvalue weighted by Gasteiger charge is -2.57. The van der Waals surface area contributed by atoms with Crippen LogP contribution in [-0.2, 0) is 43.1 Å². The van der Waals surface area contributed by atoms with Crippen molar-refractivity contribution in [3.8, 4) is 0 Å². The van der Waals surface area contributed by atoms with Gasteiger partial charge in [0.2, 0.25) is 5.96 Å². The molecular weight excluding hydrogens is 1330 g/mol. The number of nitrogens with zero attached hydrogens (tertiary/aromatic N) is 1. The Kier molecular flexibility index (Phi) is 42.1. The first-order chi connectivity index (χ1) is 49.0. The predicted octanol–water partition coefficient (Wildman–Crippen LogP) is 17.8. The molecule has 5 amide bonds. The van der Waals surface area contributed by atoms with Crippen molar-refractivity contribution in [2.75, 3.05) is 6.54 Å². The minimum Gasteiger partial charge on any atom is -0.444 e. The fourth-order valence-electron chi connectivity index (χ4n) is 14.6. The Hall–Kier alpha value is -6.08. The van der Waals surface area contributed by atoms with Crippen LogP contribution in [-0.4, -0.2) is 112 Å². The van der Waals surface area contributed by atoms with Crippen LogP contribution in [0.1, 0.15) is 279 Å². The molecule has 0 aliphatic heterocycles. The highest BCUT2D eigenvalue weighted by molar-refractivity contribution is 6.01. The quantitative estimate of drug-likeness (QED) is 0.0142. The highest BCUT2D eigenvalue weighted by Crippen LogP contribution is 2.62. The first kappa shape index (κ1) is 96.0. The molecule has 4 saturated carbocycles. The first-order valence-corrected chi connectivity index (χ1v) is 40.2. The van der Waals surface area contributed by atoms with E-state index in [0.29, 0.717) is 61.8 Å². The Labute approximate surface area is 643 Å². The van der Waals surface area contributed by atoms with Crippen molar-refractivity contribution in [1.29, 1.82) is 0 Å². The van der Waals surface area contributed by atoms with Crippen LogP contribution in [0.2, 0.25) is 0 Å². The Morgan fingerprint density at radius 3 is 1.14 bits per heavy atom. The van der Waals surface area contributed by atoms with E-state index in [4.69, 9.17) is 25.7 Å². The van der Waals surface area contributed by atoms with Gasteiger partial charge in [0.25, 0.3) is 11.8 Å². The first-order valence-electron chi connectivity index (χ1n) is 40.2. The summed E-state index contributed by atoms with van der Waals surface area (Å²) in [5.74, 6) is 7.47. The molecule has 0 radical (unpaired) electrons. The van der Waals surface area contributed by atoms with E-state index in [2.05, 4.69) is 160 Å². The van der Waals surface area contributed by atoms with Crippen molar-refractivity contribution >= 4 is 36.1 Å². The maximum atomic E-state index is 12.2. The van der Waals surface area contributed by atoms with E-state index in [1.807, 2.05) is 95.3 Å². The van der Waals surface area contributed by atoms with Gasteiger partial charge < -0.3 is 51.8 Å². The van der Waals surface area contributed by atoms with Crippen LogP contribution in [0, 0.1) is 70.5 Å². The number of carbonyl (C=O) groups is 5. The molecule has 0 heterocycles. The van der Waals surface area contributed by atoms with E-state index in [9.17, 15) is 34.2 Å². The van der Waals surface area contributed by atoms with Crippen LogP contribution >= 0.6 is 0 Å². The van der Waals surface area contributed by atoms with Crippen LogP contribution in [0.5, 0.6) is 0 Å². The number of alkyl carbamates (subject to hydrolysis) is 3. The zero-order valence-electron chi connectivity index (χ0n) is 70.9. The average Bonchev–Trinajstić information content (AvgIpc) is 0.751. The molecule has 4 aliphatic carbocycles. The number of amides is 5. The van der Waals surface area contributed by atoms with Gasteiger partial charge in [-0.15, -0.1) is 0 Å². The molecule has 0 spiro atoms. The SMILES string of the molecule is CC(C)CC12CC3CC(CC(C3)C1)C2.CC(C)C[C@@H](NC(=O)[C@H](O)[C@@H](N)Cc1ccccc1)C(C)C.CC(C)C[C@H](NC(=O)[C@@H](O)[C@H](N)Cc1ccccc1)C(C)C.CC(C)Cc1ccc([C@H](C)C(C)C)cc1.CC(C)[C@H](CCCN=C(NC(=O)OC(C)(C)C)NC(=O)OC(C)(C)C)NC(=O)OC(C)(C)C. The van der Waals surface area contributed by atoms with Crippen LogP contribution in [0.3, 0.4) is 0 Å². The van der Waals surface area contributed by atoms with Crippen molar-refractivity contribution in [2.24, 2.45) is 87.0 Å². The van der Waals surface area contributed by atoms with Crippen molar-refractivity contribution in [2.45, 2.75) is 335 Å². The molecule has 0 aromatic heterocycles. The second-order valence-electron chi connectivity index (χ2n) is 37.1. The minimum absolute atomic E-state index is 0.0612. The second kappa shape index (κ2) is 46.4. The third kappa shape index (κ3) is 40.9. The van der Waals surface area contributed by atoms with Gasteiger partial charge >= 0.3 is 18.3 Å². The molecule has 11 N–H and O–H groups in total. The molecule has 106 heavy (non-hydrogen) atoms. The lowest BCUT2D eigenvalue weighted by Crippen LogP contribution is -2.51. The number of nitrogens with one attached hydrogen (secondary N) is 5. The fraction of sp³-hybridized carbons (Fsp3) is 0.727. The van der Waals surface area contributed by atoms with Gasteiger partial charge in [-0.3, -0.25) is 25.2 Å². The molecule has 7 rings (SSSR count). The Bertz CT molecular complexity index is 2840. The third-order valence-corrected chi connectivity index (χ3v) is 19.5. The number of carbonyl (C=O) groups excluding carboxylic acids is 5. The maximum Gasteiger partial charge on any atom is 0.414 e. The van der Waals surface area contributed by atoms with Gasteiger partial charge in [0.15, 0.2) is 0 Å². The van der Waals surface area contributed by atoms with E-state index in [1.54, 1.807) is 80.1 Å². The van der Waals surface area contributed by atoms with Crippen LogP contribution in [0.15, 0.2) is 89.9 Å². The summed E-state index contributed by atoms with van der Waals surface area (Å²) in [6.07, 6.45) is 11.9. The topological polar surface area (TPSA) is 278 Å². The number of benzene rings is 3. The Morgan fingerprint density at radius 2 is 0.821 bits per heavy atom. The highest BCUT2D eigenvalue weighted by atomic mass is 16.6. The molecule has 8 atom stereocenters. The molecule has 0 saturated heterocycles. The summed E-state index contributed by atoms with van der Waals surface area (Å²) in [5, 5.41) is 34.0. The fourth-order valence-corrected chi connectivity index (χ4v) is 14.6. The van der Waals surface area contributed by atoms with Gasteiger partial charge in [0.1, 0.15) is 29.0 Å². The van der Waals surface area contributed by atoms with Crippen molar-refractivity contribution < 1.29 is 48.4 Å². The number of hydrogen-bond donors (Lipinski definition) is 9. The van der Waals surface area contributed by atoms with Gasteiger partial charge in [-0.2, -0.15) is 0 Å². The summed E-state index contributed by atoms with van der Waals surface area (Å²) in [6.45, 7) is 53.1. The number of nitrogens with two attached hydrogens (primary N) is 2. The van der Waals surface area contributed by atoms with E-state index >= 15 is 0 Å². The zero-order valence-corrected chi connectivity index (χ0v) is 70.9. The number of guanidine groups is 1. The number of aliphatic imine (C=N–C) groups is 1. The predicted molar refractivity (Wildman–Crippen MR) is 437 cm³/mol. The standard InChI is InChI=1S/C23H44N4O6.2C18H30N2O2.C15H24.C14H24/c1-15(2)16(25-18(28)31-21(3,4)5)13-12-14-24-17(26-19(29)32-22(6,7)8)27-20(30)33-23(9,10)11;2*1-12(2)10-16(13(3)4)20-18(22)17(21)15(19)11-14-8-6-5-7-9-14;1-11(2)10-14-6-8-15(9-7-14)13(5)12(3)4;1-10(2)6-14-7-11-3-12(8-14)5-13(4-11)9-14/h15-16H,12-14H2,1-11H3,(H,25,28)(H2,24,26,27,29,30);2*5-9,12-13,15-17,21H,10-11,19H2,1-4H3,(H,20,22);6-9,11-13H,10H2,1-5H3;10-13H,3-9H2,1-2H3/t16-;2*15-,16+,17+;13-;/m0101./s1. The van der Waals surface area contributed by atoms with Gasteiger partial charge in [-0.25, -0.2) is 14.4 Å². The average molecular weight is 1480 g/mol. The molecule has 3 aromatic rings. The summed E-state index contributed by atoms with van der Waals surface area (Å²) >= 11 is 0. The summed E-state index contributed by atoms with van der Waals surface area (Å²) in [6, 6.07) is 27.3.